The highest BCUT2D eigenvalue weighted by Crippen LogP contribution is 2.28. The number of fused-ring (bicyclic) bond motifs is 2. The Labute approximate surface area is 123 Å². The third-order valence-electron chi connectivity index (χ3n) is 3.02. The van der Waals surface area contributed by atoms with Crippen LogP contribution in [0.25, 0.3) is 27.4 Å². The largest absolute Gasteiger partial charge is 0.454 e. The molecule has 0 amide bonds. The van der Waals surface area contributed by atoms with Crippen LogP contribution in [0.1, 0.15) is 0 Å². The van der Waals surface area contributed by atoms with Crippen molar-refractivity contribution in [2.75, 3.05) is 6.26 Å². The number of nitrogens with zero attached hydrogens (tertiary/aromatic N) is 3. The van der Waals surface area contributed by atoms with Gasteiger partial charge >= 0.3 is 0 Å². The van der Waals surface area contributed by atoms with E-state index in [1.165, 1.54) is 4.52 Å². The van der Waals surface area contributed by atoms with Crippen molar-refractivity contribution in [3.05, 3.63) is 36.5 Å². The molecule has 21 heavy (non-hydrogen) atoms. The molecule has 0 atom stereocenters. The molecule has 0 aliphatic rings. The molecule has 0 unspecified atom stereocenters. The summed E-state index contributed by atoms with van der Waals surface area (Å²) in [5, 5.41) is 5.02. The molecule has 0 fully saturated rings. The standard InChI is InChI=1S/C13H9N3O3S2/c1-21(17,18)13-15-16-7-9(14-12(16)20-13)11-6-8-4-2-3-5-10(8)19-11/h2-7H,1H3. The van der Waals surface area contributed by atoms with E-state index in [1.807, 2.05) is 30.3 Å². The van der Waals surface area contributed by atoms with Crippen LogP contribution in [0, 0.1) is 0 Å². The van der Waals surface area contributed by atoms with Crippen LogP contribution in [0.3, 0.4) is 0 Å². The molecule has 4 aromatic rings. The van der Waals surface area contributed by atoms with E-state index in [0.29, 0.717) is 16.4 Å². The van der Waals surface area contributed by atoms with Gasteiger partial charge in [-0.25, -0.2) is 17.9 Å². The van der Waals surface area contributed by atoms with Crippen LogP contribution in [0.15, 0.2) is 45.3 Å². The number of sulfone groups is 1. The van der Waals surface area contributed by atoms with Crippen LogP contribution in [0.5, 0.6) is 0 Å². The fraction of sp³-hybridized carbons (Fsp3) is 0.0769. The predicted molar refractivity (Wildman–Crippen MR) is 79.2 cm³/mol. The van der Waals surface area contributed by atoms with E-state index in [2.05, 4.69) is 10.1 Å². The maximum atomic E-state index is 11.5. The molecular weight excluding hydrogens is 310 g/mol. The minimum absolute atomic E-state index is 0.0566. The number of imidazole rings is 1. The summed E-state index contributed by atoms with van der Waals surface area (Å²) in [7, 11) is -3.31. The Balaban J connectivity index is 1.85. The molecule has 0 radical (unpaired) electrons. The second-order valence-electron chi connectivity index (χ2n) is 4.64. The number of hydrogen-bond acceptors (Lipinski definition) is 6. The molecular formula is C13H9N3O3S2. The second kappa shape index (κ2) is 4.15. The van der Waals surface area contributed by atoms with Gasteiger partial charge in [-0.15, -0.1) is 5.10 Å². The van der Waals surface area contributed by atoms with Gasteiger partial charge in [0.25, 0.3) is 0 Å². The summed E-state index contributed by atoms with van der Waals surface area (Å²) in [5.41, 5.74) is 1.42. The number of aromatic nitrogens is 3. The lowest BCUT2D eigenvalue weighted by Gasteiger charge is -1.88. The van der Waals surface area contributed by atoms with Crippen molar-refractivity contribution in [2.45, 2.75) is 4.34 Å². The molecule has 0 saturated carbocycles. The first-order valence-electron chi connectivity index (χ1n) is 6.06. The van der Waals surface area contributed by atoms with Crippen molar-refractivity contribution in [3.8, 4) is 11.5 Å². The van der Waals surface area contributed by atoms with Gasteiger partial charge in [0.2, 0.25) is 19.1 Å². The average Bonchev–Trinajstić information content (AvgIpc) is 3.09. The number of benzene rings is 1. The summed E-state index contributed by atoms with van der Waals surface area (Å²) in [4.78, 5) is 4.89. The van der Waals surface area contributed by atoms with Gasteiger partial charge in [0, 0.05) is 11.6 Å². The number of para-hydroxylation sites is 1. The highest BCUT2D eigenvalue weighted by molar-refractivity contribution is 7.92. The zero-order valence-corrected chi connectivity index (χ0v) is 12.5. The first kappa shape index (κ1) is 12.5. The van der Waals surface area contributed by atoms with E-state index in [4.69, 9.17) is 4.42 Å². The Bertz CT molecular complexity index is 1010. The third kappa shape index (κ3) is 2.03. The fourth-order valence-corrected chi connectivity index (χ4v) is 3.74. The zero-order chi connectivity index (χ0) is 14.6. The maximum absolute atomic E-state index is 11.5. The van der Waals surface area contributed by atoms with Crippen LogP contribution >= 0.6 is 11.3 Å². The molecule has 106 valence electrons. The van der Waals surface area contributed by atoms with Gasteiger partial charge in [-0.3, -0.25) is 0 Å². The molecule has 6 nitrogen and oxygen atoms in total. The Morgan fingerprint density at radius 2 is 2.10 bits per heavy atom. The fourth-order valence-electron chi connectivity index (χ4n) is 2.06. The first-order valence-corrected chi connectivity index (χ1v) is 8.77. The van der Waals surface area contributed by atoms with Crippen molar-refractivity contribution >= 4 is 37.1 Å². The van der Waals surface area contributed by atoms with Crippen molar-refractivity contribution in [2.24, 2.45) is 0 Å². The minimum Gasteiger partial charge on any atom is -0.454 e. The van der Waals surface area contributed by atoms with Crippen LogP contribution in [-0.4, -0.2) is 29.3 Å². The molecule has 0 aliphatic heterocycles. The molecule has 0 saturated heterocycles. The van der Waals surface area contributed by atoms with E-state index < -0.39 is 9.84 Å². The highest BCUT2D eigenvalue weighted by atomic mass is 32.2. The molecule has 3 aromatic heterocycles. The molecule has 0 aliphatic carbocycles. The van der Waals surface area contributed by atoms with Crippen molar-refractivity contribution in [1.29, 1.82) is 0 Å². The second-order valence-corrected chi connectivity index (χ2v) is 7.79. The Kier molecular flexibility index (Phi) is 2.48. The van der Waals surface area contributed by atoms with Crippen molar-refractivity contribution in [3.63, 3.8) is 0 Å². The SMILES string of the molecule is CS(=O)(=O)c1nn2cc(-c3cc4ccccc4o3)nc2s1. The van der Waals surface area contributed by atoms with Gasteiger partial charge in [0.15, 0.2) is 5.76 Å². The van der Waals surface area contributed by atoms with E-state index in [-0.39, 0.29) is 4.34 Å². The minimum atomic E-state index is -3.31. The topological polar surface area (TPSA) is 77.5 Å². The summed E-state index contributed by atoms with van der Waals surface area (Å²) in [6, 6.07) is 9.59. The lowest BCUT2D eigenvalue weighted by molar-refractivity contribution is 0.599. The van der Waals surface area contributed by atoms with E-state index in [9.17, 15) is 8.42 Å². The summed E-state index contributed by atoms with van der Waals surface area (Å²) >= 11 is 1.04. The lowest BCUT2D eigenvalue weighted by Crippen LogP contribution is -1.96. The summed E-state index contributed by atoms with van der Waals surface area (Å²) in [5.74, 6) is 0.634. The zero-order valence-electron chi connectivity index (χ0n) is 10.8. The monoisotopic (exact) mass is 319 g/mol. The van der Waals surface area contributed by atoms with E-state index >= 15 is 0 Å². The summed E-state index contributed by atoms with van der Waals surface area (Å²) in [6.45, 7) is 0. The van der Waals surface area contributed by atoms with Crippen LogP contribution < -0.4 is 0 Å². The highest BCUT2D eigenvalue weighted by Gasteiger charge is 2.17. The van der Waals surface area contributed by atoms with Crippen LogP contribution in [0.2, 0.25) is 0 Å². The molecule has 1 aromatic carbocycles. The molecule has 0 spiro atoms. The molecule has 3 heterocycles. The predicted octanol–water partition coefficient (Wildman–Crippen LogP) is 2.61. The Morgan fingerprint density at radius 3 is 2.81 bits per heavy atom. The van der Waals surface area contributed by atoms with Crippen LogP contribution in [0.4, 0.5) is 0 Å². The van der Waals surface area contributed by atoms with Gasteiger partial charge < -0.3 is 4.42 Å². The maximum Gasteiger partial charge on any atom is 0.232 e. The van der Waals surface area contributed by atoms with E-state index in [0.717, 1.165) is 28.6 Å². The first-order chi connectivity index (χ1) is 10.0. The molecule has 0 N–H and O–H groups in total. The molecule has 4 rings (SSSR count). The van der Waals surface area contributed by atoms with Gasteiger partial charge in [-0.2, -0.15) is 0 Å². The van der Waals surface area contributed by atoms with Gasteiger partial charge in [-0.05, 0) is 12.1 Å². The average molecular weight is 319 g/mol. The smallest absolute Gasteiger partial charge is 0.232 e. The van der Waals surface area contributed by atoms with Crippen LogP contribution in [-0.2, 0) is 9.84 Å². The number of rotatable bonds is 2. The van der Waals surface area contributed by atoms with Gasteiger partial charge in [-0.1, -0.05) is 29.5 Å². The normalized spacial score (nSPS) is 12.4. The van der Waals surface area contributed by atoms with Gasteiger partial charge in [0.05, 0.1) is 6.20 Å². The van der Waals surface area contributed by atoms with Crippen molar-refractivity contribution < 1.29 is 12.8 Å². The third-order valence-corrected chi connectivity index (χ3v) is 5.61. The lowest BCUT2D eigenvalue weighted by atomic mass is 10.2. The molecule has 8 heteroatoms. The molecule has 0 bridgehead atoms. The van der Waals surface area contributed by atoms with E-state index in [1.54, 1.807) is 6.20 Å². The van der Waals surface area contributed by atoms with Crippen molar-refractivity contribution in [1.82, 2.24) is 14.6 Å². The Morgan fingerprint density at radius 1 is 1.29 bits per heavy atom. The number of hydrogen-bond donors (Lipinski definition) is 0. The Hall–Kier alpha value is -2.19. The summed E-state index contributed by atoms with van der Waals surface area (Å²) in [6.07, 6.45) is 2.80. The van der Waals surface area contributed by atoms with Gasteiger partial charge in [0.1, 0.15) is 11.3 Å². The number of furan rings is 1. The summed E-state index contributed by atoms with van der Waals surface area (Å²) < 4.78 is 30.2. The quantitative estimate of drug-likeness (QED) is 0.567.